The molecule has 5 nitrogen and oxygen atoms in total. The van der Waals surface area contributed by atoms with Crippen molar-refractivity contribution >= 4 is 26.0 Å². The van der Waals surface area contributed by atoms with Gasteiger partial charge in [0.25, 0.3) is 0 Å². The van der Waals surface area contributed by atoms with Crippen molar-refractivity contribution in [1.29, 1.82) is 0 Å². The summed E-state index contributed by atoms with van der Waals surface area (Å²) < 4.78 is 28.5. The summed E-state index contributed by atoms with van der Waals surface area (Å²) in [6.07, 6.45) is 0. The Labute approximate surface area is 120 Å². The van der Waals surface area contributed by atoms with Crippen LogP contribution < -0.4 is 10.5 Å². The highest BCUT2D eigenvalue weighted by Crippen LogP contribution is 2.14. The van der Waals surface area contributed by atoms with Crippen molar-refractivity contribution in [3.8, 4) is 0 Å². The number of hydrogen-bond acceptors (Lipinski definition) is 4. The van der Waals surface area contributed by atoms with Gasteiger partial charge in [-0.25, -0.2) is 13.6 Å². The lowest BCUT2D eigenvalue weighted by Crippen LogP contribution is -2.15. The first kappa shape index (κ1) is 14.3. The van der Waals surface area contributed by atoms with E-state index >= 15 is 0 Å². The Morgan fingerprint density at radius 2 is 2.00 bits per heavy atom. The first-order valence-corrected chi connectivity index (χ1v) is 7.86. The maximum Gasteiger partial charge on any atom is 0.238 e. The van der Waals surface area contributed by atoms with Gasteiger partial charge in [0.05, 0.1) is 11.4 Å². The van der Waals surface area contributed by atoms with Crippen molar-refractivity contribution in [3.05, 3.63) is 52.4 Å². The SMILES string of the molecule is NS(=O)(=O)c1cccc(CNCc2ccc(Br)o2)c1. The summed E-state index contributed by atoms with van der Waals surface area (Å²) in [4.78, 5) is 0.118. The summed E-state index contributed by atoms with van der Waals surface area (Å²) in [5.41, 5.74) is 0.845. The number of benzene rings is 1. The third kappa shape index (κ3) is 4.17. The molecule has 0 saturated heterocycles. The molecule has 1 aromatic heterocycles. The average Bonchev–Trinajstić information content (AvgIpc) is 2.74. The quantitative estimate of drug-likeness (QED) is 0.868. The van der Waals surface area contributed by atoms with Crippen molar-refractivity contribution in [1.82, 2.24) is 5.32 Å². The molecule has 2 aromatic rings. The summed E-state index contributed by atoms with van der Waals surface area (Å²) in [5.74, 6) is 0.800. The number of nitrogens with two attached hydrogens (primary N) is 1. The molecule has 0 fully saturated rings. The minimum Gasteiger partial charge on any atom is -0.453 e. The summed E-state index contributed by atoms with van der Waals surface area (Å²) in [7, 11) is -3.65. The largest absolute Gasteiger partial charge is 0.453 e. The van der Waals surface area contributed by atoms with Crippen LogP contribution in [0.15, 0.2) is 50.4 Å². The highest BCUT2D eigenvalue weighted by atomic mass is 79.9. The van der Waals surface area contributed by atoms with Crippen LogP contribution in [0.4, 0.5) is 0 Å². The maximum atomic E-state index is 11.2. The predicted octanol–water partition coefficient (Wildman–Crippen LogP) is 1.98. The molecule has 2 rings (SSSR count). The lowest BCUT2D eigenvalue weighted by atomic mass is 10.2. The predicted molar refractivity (Wildman–Crippen MR) is 74.8 cm³/mol. The normalized spacial score (nSPS) is 11.7. The molecule has 0 spiro atoms. The molecule has 1 aromatic carbocycles. The molecule has 0 bridgehead atoms. The molecule has 102 valence electrons. The zero-order valence-corrected chi connectivity index (χ0v) is 12.4. The Morgan fingerprint density at radius 1 is 1.21 bits per heavy atom. The Hall–Kier alpha value is -1.15. The summed E-state index contributed by atoms with van der Waals surface area (Å²) >= 11 is 3.23. The number of furan rings is 1. The molecule has 0 atom stereocenters. The smallest absolute Gasteiger partial charge is 0.238 e. The first-order chi connectivity index (χ1) is 8.95. The second-order valence-corrected chi connectivity index (χ2v) is 6.34. The summed E-state index contributed by atoms with van der Waals surface area (Å²) in [5, 5.41) is 8.24. The van der Waals surface area contributed by atoms with Crippen molar-refractivity contribution in [3.63, 3.8) is 0 Å². The molecule has 0 saturated carbocycles. The van der Waals surface area contributed by atoms with Gasteiger partial charge in [0.2, 0.25) is 10.0 Å². The summed E-state index contributed by atoms with van der Waals surface area (Å²) in [6.45, 7) is 1.09. The van der Waals surface area contributed by atoms with Crippen molar-refractivity contribution in [2.75, 3.05) is 0 Å². The van der Waals surface area contributed by atoms with E-state index in [0.717, 1.165) is 11.3 Å². The van der Waals surface area contributed by atoms with E-state index in [2.05, 4.69) is 21.2 Å². The van der Waals surface area contributed by atoms with Crippen LogP contribution >= 0.6 is 15.9 Å². The molecule has 0 aliphatic rings. The number of sulfonamides is 1. The van der Waals surface area contributed by atoms with E-state index in [-0.39, 0.29) is 4.90 Å². The number of primary sulfonamides is 1. The van der Waals surface area contributed by atoms with Crippen LogP contribution in [0.3, 0.4) is 0 Å². The van der Waals surface area contributed by atoms with Crippen LogP contribution in [0.1, 0.15) is 11.3 Å². The van der Waals surface area contributed by atoms with E-state index in [1.54, 1.807) is 12.1 Å². The number of halogens is 1. The fraction of sp³-hybridized carbons (Fsp3) is 0.167. The van der Waals surface area contributed by atoms with Crippen LogP contribution in [-0.2, 0) is 23.1 Å². The Kier molecular flexibility index (Phi) is 4.41. The maximum absolute atomic E-state index is 11.2. The van der Waals surface area contributed by atoms with Crippen LogP contribution in [0.5, 0.6) is 0 Å². The molecule has 0 amide bonds. The molecule has 0 aliphatic carbocycles. The van der Waals surface area contributed by atoms with Gasteiger partial charge < -0.3 is 9.73 Å². The van der Waals surface area contributed by atoms with Crippen LogP contribution in [0.25, 0.3) is 0 Å². The second-order valence-electron chi connectivity index (χ2n) is 4.00. The lowest BCUT2D eigenvalue weighted by molar-refractivity contribution is 0.465. The van der Waals surface area contributed by atoms with E-state index in [9.17, 15) is 8.42 Å². The molecule has 7 heteroatoms. The van der Waals surface area contributed by atoms with E-state index in [1.165, 1.54) is 6.07 Å². The van der Waals surface area contributed by atoms with E-state index in [0.29, 0.717) is 17.8 Å². The third-order valence-electron chi connectivity index (χ3n) is 2.48. The standard InChI is InChI=1S/C12H13BrN2O3S/c13-12-5-4-10(18-12)8-15-7-9-2-1-3-11(6-9)19(14,16)17/h1-6,15H,7-8H2,(H2,14,16,17). The van der Waals surface area contributed by atoms with Crippen LogP contribution in [0.2, 0.25) is 0 Å². The topological polar surface area (TPSA) is 85.3 Å². The highest BCUT2D eigenvalue weighted by Gasteiger charge is 2.07. The van der Waals surface area contributed by atoms with Gasteiger partial charge in [-0.05, 0) is 45.8 Å². The minimum atomic E-state index is -3.65. The molecule has 3 N–H and O–H groups in total. The lowest BCUT2D eigenvalue weighted by Gasteiger charge is -2.05. The Balaban J connectivity index is 1.96. The van der Waals surface area contributed by atoms with Gasteiger partial charge in [-0.15, -0.1) is 0 Å². The second kappa shape index (κ2) is 5.87. The van der Waals surface area contributed by atoms with Gasteiger partial charge in [-0.2, -0.15) is 0 Å². The highest BCUT2D eigenvalue weighted by molar-refractivity contribution is 9.10. The fourth-order valence-corrected chi connectivity index (χ4v) is 2.53. The zero-order valence-electron chi connectivity index (χ0n) is 9.97. The van der Waals surface area contributed by atoms with E-state index in [1.807, 2.05) is 18.2 Å². The van der Waals surface area contributed by atoms with E-state index in [4.69, 9.17) is 9.56 Å². The minimum absolute atomic E-state index is 0.118. The number of nitrogens with one attached hydrogen (secondary N) is 1. The fourth-order valence-electron chi connectivity index (χ4n) is 1.61. The number of rotatable bonds is 5. The summed E-state index contributed by atoms with van der Waals surface area (Å²) in [6, 6.07) is 10.2. The van der Waals surface area contributed by atoms with Gasteiger partial charge in [0.15, 0.2) is 4.67 Å². The van der Waals surface area contributed by atoms with Gasteiger partial charge in [0, 0.05) is 6.54 Å². The van der Waals surface area contributed by atoms with Gasteiger partial charge >= 0.3 is 0 Å². The number of hydrogen-bond donors (Lipinski definition) is 2. The van der Waals surface area contributed by atoms with Gasteiger partial charge in [0.1, 0.15) is 5.76 Å². The third-order valence-corrected chi connectivity index (χ3v) is 3.82. The molecular formula is C12H13BrN2O3S. The first-order valence-electron chi connectivity index (χ1n) is 5.52. The van der Waals surface area contributed by atoms with E-state index < -0.39 is 10.0 Å². The Bertz CT molecular complexity index is 667. The van der Waals surface area contributed by atoms with Gasteiger partial charge in [-0.3, -0.25) is 0 Å². The monoisotopic (exact) mass is 344 g/mol. The van der Waals surface area contributed by atoms with Crippen LogP contribution in [0, 0.1) is 0 Å². The molecule has 1 heterocycles. The van der Waals surface area contributed by atoms with Crippen molar-refractivity contribution < 1.29 is 12.8 Å². The van der Waals surface area contributed by atoms with Crippen LogP contribution in [-0.4, -0.2) is 8.42 Å². The van der Waals surface area contributed by atoms with Gasteiger partial charge in [-0.1, -0.05) is 12.1 Å². The zero-order chi connectivity index (χ0) is 13.9. The molecule has 19 heavy (non-hydrogen) atoms. The Morgan fingerprint density at radius 3 is 2.63 bits per heavy atom. The average molecular weight is 345 g/mol. The van der Waals surface area contributed by atoms with Crippen molar-refractivity contribution in [2.45, 2.75) is 18.0 Å². The molecular weight excluding hydrogens is 332 g/mol. The molecule has 0 aliphatic heterocycles. The molecule has 0 unspecified atom stereocenters. The van der Waals surface area contributed by atoms with Crippen molar-refractivity contribution in [2.24, 2.45) is 5.14 Å². The molecule has 0 radical (unpaired) electrons.